The van der Waals surface area contributed by atoms with Gasteiger partial charge in [-0.05, 0) is 12.5 Å². The molecule has 0 radical (unpaired) electrons. The molecule has 3 heteroatoms. The Morgan fingerprint density at radius 1 is 1.54 bits per heavy atom. The zero-order valence-electron chi connectivity index (χ0n) is 8.80. The summed E-state index contributed by atoms with van der Waals surface area (Å²) < 4.78 is 2.11. The zero-order valence-corrected chi connectivity index (χ0v) is 8.80. The Balaban J connectivity index is 0.000000396. The molecule has 0 saturated heterocycles. The summed E-state index contributed by atoms with van der Waals surface area (Å²) in [6.45, 7) is 9.20. The van der Waals surface area contributed by atoms with E-state index < -0.39 is 0 Å². The topological polar surface area (TPSA) is 29.9 Å². The smallest absolute Gasteiger partial charge is 0.0625 e. The van der Waals surface area contributed by atoms with E-state index in [9.17, 15) is 0 Å². The average molecular weight is 181 g/mol. The monoisotopic (exact) mass is 181 g/mol. The fraction of sp³-hybridized carbons (Fsp3) is 0.700. The molecule has 0 atom stereocenters. The highest BCUT2D eigenvalue weighted by Crippen LogP contribution is 2.07. The molecule has 0 unspecified atom stereocenters. The van der Waals surface area contributed by atoms with E-state index in [4.69, 9.17) is 0 Å². The number of nitrogens with one attached hydrogen (secondary N) is 1. The van der Waals surface area contributed by atoms with Crippen molar-refractivity contribution in [3.8, 4) is 0 Å². The summed E-state index contributed by atoms with van der Waals surface area (Å²) in [5.41, 5.74) is 2.54. The van der Waals surface area contributed by atoms with Gasteiger partial charge in [0.15, 0.2) is 0 Å². The van der Waals surface area contributed by atoms with Crippen molar-refractivity contribution in [3.63, 3.8) is 0 Å². The van der Waals surface area contributed by atoms with Crippen molar-refractivity contribution in [2.24, 2.45) is 0 Å². The van der Waals surface area contributed by atoms with Crippen molar-refractivity contribution < 1.29 is 0 Å². The average Bonchev–Trinajstić information content (AvgIpc) is 2.63. The van der Waals surface area contributed by atoms with E-state index >= 15 is 0 Å². The SMILES string of the molecule is CC.CCc1cc2n(n1)CCNC2. The molecule has 0 spiro atoms. The van der Waals surface area contributed by atoms with Gasteiger partial charge in [-0.1, -0.05) is 20.8 Å². The molecule has 0 fully saturated rings. The quantitative estimate of drug-likeness (QED) is 0.712. The summed E-state index contributed by atoms with van der Waals surface area (Å²) in [6, 6.07) is 2.19. The summed E-state index contributed by atoms with van der Waals surface area (Å²) in [7, 11) is 0. The highest BCUT2D eigenvalue weighted by Gasteiger charge is 2.09. The zero-order chi connectivity index (χ0) is 9.68. The van der Waals surface area contributed by atoms with Crippen LogP contribution in [0.1, 0.15) is 32.2 Å². The number of nitrogens with zero attached hydrogens (tertiary/aromatic N) is 2. The predicted octanol–water partition coefficient (Wildman–Crippen LogP) is 1.57. The van der Waals surface area contributed by atoms with Gasteiger partial charge >= 0.3 is 0 Å². The molecule has 1 aliphatic heterocycles. The Hall–Kier alpha value is -0.830. The van der Waals surface area contributed by atoms with Crippen LogP contribution in [0.5, 0.6) is 0 Å². The Labute approximate surface area is 80.1 Å². The number of aryl methyl sites for hydroxylation is 1. The standard InChI is InChI=1S/C8H13N3.C2H6/c1-2-7-5-8-6-9-3-4-11(8)10-7;1-2/h5,9H,2-4,6H2,1H3;1-2H3. The maximum absolute atomic E-state index is 4.45. The van der Waals surface area contributed by atoms with E-state index in [1.165, 1.54) is 11.4 Å². The summed E-state index contributed by atoms with van der Waals surface area (Å²) in [6.07, 6.45) is 1.04. The third kappa shape index (κ3) is 2.31. The molecule has 1 aromatic rings. The number of hydrogen-bond donors (Lipinski definition) is 1. The van der Waals surface area contributed by atoms with Crippen LogP contribution < -0.4 is 5.32 Å². The molecule has 1 aromatic heterocycles. The van der Waals surface area contributed by atoms with Crippen LogP contribution in [0.2, 0.25) is 0 Å². The molecule has 2 heterocycles. The maximum atomic E-state index is 4.45. The molecule has 3 nitrogen and oxygen atoms in total. The molecular formula is C10H19N3. The van der Waals surface area contributed by atoms with Crippen molar-refractivity contribution in [1.29, 1.82) is 0 Å². The second kappa shape index (κ2) is 5.02. The van der Waals surface area contributed by atoms with Gasteiger partial charge in [-0.3, -0.25) is 4.68 Å². The Bertz CT molecular complexity index is 229. The molecule has 0 bridgehead atoms. The molecule has 0 amide bonds. The lowest BCUT2D eigenvalue weighted by Crippen LogP contribution is -2.28. The lowest BCUT2D eigenvalue weighted by atomic mass is 10.3. The van der Waals surface area contributed by atoms with Gasteiger partial charge in [0, 0.05) is 13.1 Å². The van der Waals surface area contributed by atoms with E-state index in [0.717, 1.165) is 26.1 Å². The fourth-order valence-electron chi connectivity index (χ4n) is 1.43. The van der Waals surface area contributed by atoms with E-state index in [2.05, 4.69) is 28.1 Å². The van der Waals surface area contributed by atoms with Crippen molar-refractivity contribution in [3.05, 3.63) is 17.5 Å². The minimum absolute atomic E-state index is 0.979. The largest absolute Gasteiger partial charge is 0.309 e. The van der Waals surface area contributed by atoms with Gasteiger partial charge in [0.05, 0.1) is 17.9 Å². The highest BCUT2D eigenvalue weighted by molar-refractivity contribution is 5.11. The normalized spacial score (nSPS) is 14.4. The van der Waals surface area contributed by atoms with Crippen molar-refractivity contribution in [2.75, 3.05) is 6.54 Å². The van der Waals surface area contributed by atoms with Crippen molar-refractivity contribution >= 4 is 0 Å². The van der Waals surface area contributed by atoms with Gasteiger partial charge in [0.2, 0.25) is 0 Å². The Morgan fingerprint density at radius 3 is 2.92 bits per heavy atom. The lowest BCUT2D eigenvalue weighted by molar-refractivity contribution is 0.473. The molecule has 2 rings (SSSR count). The Morgan fingerprint density at radius 2 is 2.31 bits per heavy atom. The first kappa shape index (κ1) is 10.3. The molecule has 0 saturated carbocycles. The van der Waals surface area contributed by atoms with E-state index in [-0.39, 0.29) is 0 Å². The molecule has 74 valence electrons. The van der Waals surface area contributed by atoms with Crippen LogP contribution in [0.3, 0.4) is 0 Å². The van der Waals surface area contributed by atoms with Crippen molar-refractivity contribution in [2.45, 2.75) is 40.3 Å². The van der Waals surface area contributed by atoms with Gasteiger partial charge < -0.3 is 5.32 Å². The summed E-state index contributed by atoms with van der Waals surface area (Å²) in [5.74, 6) is 0. The van der Waals surface area contributed by atoms with Crippen LogP contribution in [-0.4, -0.2) is 16.3 Å². The van der Waals surface area contributed by atoms with Crippen LogP contribution in [0.15, 0.2) is 6.07 Å². The molecule has 13 heavy (non-hydrogen) atoms. The summed E-state index contributed by atoms with van der Waals surface area (Å²) in [4.78, 5) is 0. The van der Waals surface area contributed by atoms with Gasteiger partial charge in [0.1, 0.15) is 0 Å². The number of rotatable bonds is 1. The number of fused-ring (bicyclic) bond motifs is 1. The first-order valence-corrected chi connectivity index (χ1v) is 5.16. The molecule has 1 aliphatic rings. The van der Waals surface area contributed by atoms with Crippen LogP contribution >= 0.6 is 0 Å². The van der Waals surface area contributed by atoms with Gasteiger partial charge in [0.25, 0.3) is 0 Å². The van der Waals surface area contributed by atoms with E-state index in [0.29, 0.717) is 0 Å². The van der Waals surface area contributed by atoms with Crippen LogP contribution in [0.4, 0.5) is 0 Å². The lowest BCUT2D eigenvalue weighted by Gasteiger charge is -2.13. The number of hydrogen-bond acceptors (Lipinski definition) is 2. The number of aromatic nitrogens is 2. The second-order valence-electron chi connectivity index (χ2n) is 2.88. The fourth-order valence-corrected chi connectivity index (χ4v) is 1.43. The minimum atomic E-state index is 0.979. The van der Waals surface area contributed by atoms with Crippen LogP contribution in [0, 0.1) is 0 Å². The van der Waals surface area contributed by atoms with E-state index in [1.807, 2.05) is 13.8 Å². The molecule has 0 aliphatic carbocycles. The van der Waals surface area contributed by atoms with Crippen LogP contribution in [-0.2, 0) is 19.5 Å². The second-order valence-corrected chi connectivity index (χ2v) is 2.88. The predicted molar refractivity (Wildman–Crippen MR) is 54.7 cm³/mol. The van der Waals surface area contributed by atoms with Crippen LogP contribution in [0.25, 0.3) is 0 Å². The third-order valence-electron chi connectivity index (χ3n) is 2.08. The summed E-state index contributed by atoms with van der Waals surface area (Å²) in [5, 5.41) is 7.76. The summed E-state index contributed by atoms with van der Waals surface area (Å²) >= 11 is 0. The van der Waals surface area contributed by atoms with E-state index in [1.54, 1.807) is 0 Å². The van der Waals surface area contributed by atoms with Gasteiger partial charge in [-0.15, -0.1) is 0 Å². The molecule has 1 N–H and O–H groups in total. The third-order valence-corrected chi connectivity index (χ3v) is 2.08. The minimum Gasteiger partial charge on any atom is -0.309 e. The van der Waals surface area contributed by atoms with Gasteiger partial charge in [-0.2, -0.15) is 5.10 Å². The first-order valence-electron chi connectivity index (χ1n) is 5.16. The maximum Gasteiger partial charge on any atom is 0.0625 e. The van der Waals surface area contributed by atoms with Crippen molar-refractivity contribution in [1.82, 2.24) is 15.1 Å². The Kier molecular flexibility index (Phi) is 3.96. The molecule has 0 aromatic carbocycles. The highest BCUT2D eigenvalue weighted by atomic mass is 15.3. The van der Waals surface area contributed by atoms with Gasteiger partial charge in [-0.25, -0.2) is 0 Å². The molecular weight excluding hydrogens is 162 g/mol. The first-order chi connectivity index (χ1) is 6.40.